The second-order valence-electron chi connectivity index (χ2n) is 4.56. The Bertz CT molecular complexity index is 488. The van der Waals surface area contributed by atoms with E-state index in [-0.39, 0.29) is 12.0 Å². The van der Waals surface area contributed by atoms with Gasteiger partial charge in [-0.05, 0) is 36.7 Å². The lowest BCUT2D eigenvalue weighted by Gasteiger charge is -2.19. The normalized spacial score (nSPS) is 13.0. The van der Waals surface area contributed by atoms with Crippen molar-refractivity contribution in [1.82, 2.24) is 5.32 Å². The van der Waals surface area contributed by atoms with Gasteiger partial charge in [-0.1, -0.05) is 6.92 Å². The van der Waals surface area contributed by atoms with Crippen molar-refractivity contribution < 1.29 is 27.1 Å². The summed E-state index contributed by atoms with van der Waals surface area (Å²) in [7, 11) is 1.19. The van der Waals surface area contributed by atoms with Gasteiger partial charge in [-0.15, -0.1) is 0 Å². The Hall–Kier alpha value is -1.63. The maximum Gasteiger partial charge on any atom is 0.416 e. The number of alkyl halides is 3. The van der Waals surface area contributed by atoms with Crippen molar-refractivity contribution in [3.05, 3.63) is 35.1 Å². The van der Waals surface area contributed by atoms with Crippen molar-refractivity contribution in [3.8, 4) is 0 Å². The van der Waals surface area contributed by atoms with E-state index < -0.39 is 29.6 Å². The van der Waals surface area contributed by atoms with E-state index in [1.54, 1.807) is 0 Å². The highest BCUT2D eigenvalue weighted by Gasteiger charge is 2.32. The third-order valence-electron chi connectivity index (χ3n) is 2.89. The Balaban J connectivity index is 3.10. The van der Waals surface area contributed by atoms with Crippen LogP contribution in [0.2, 0.25) is 0 Å². The fraction of sp³-hybridized carbons (Fsp3) is 0.500. The molecule has 1 rings (SSSR count). The van der Waals surface area contributed by atoms with Crippen molar-refractivity contribution >= 4 is 5.97 Å². The van der Waals surface area contributed by atoms with Crippen molar-refractivity contribution in [3.63, 3.8) is 0 Å². The van der Waals surface area contributed by atoms with Crippen LogP contribution in [0.3, 0.4) is 0 Å². The first-order chi connectivity index (χ1) is 9.77. The van der Waals surface area contributed by atoms with Gasteiger partial charge in [0.05, 0.1) is 19.1 Å². The van der Waals surface area contributed by atoms with Crippen LogP contribution >= 0.6 is 0 Å². The molecule has 0 bridgehead atoms. The van der Waals surface area contributed by atoms with Crippen molar-refractivity contribution in [2.24, 2.45) is 0 Å². The van der Waals surface area contributed by atoms with Crippen LogP contribution in [0.15, 0.2) is 18.2 Å². The molecule has 118 valence electrons. The summed E-state index contributed by atoms with van der Waals surface area (Å²) in [6.07, 6.45) is -4.09. The molecule has 0 aliphatic rings. The smallest absolute Gasteiger partial charge is 0.416 e. The number of methoxy groups -OCH3 is 1. The third kappa shape index (κ3) is 5.34. The highest BCUT2D eigenvalue weighted by molar-refractivity contribution is 5.70. The molecule has 0 aliphatic heterocycles. The zero-order valence-electron chi connectivity index (χ0n) is 11.8. The number of ether oxygens (including phenoxy) is 1. The Labute approximate surface area is 120 Å². The van der Waals surface area contributed by atoms with Gasteiger partial charge in [-0.3, -0.25) is 4.79 Å². The van der Waals surface area contributed by atoms with Gasteiger partial charge in [0.1, 0.15) is 5.82 Å². The molecule has 0 saturated heterocycles. The van der Waals surface area contributed by atoms with Crippen LogP contribution in [0.1, 0.15) is 36.9 Å². The van der Waals surface area contributed by atoms with Crippen LogP contribution in [-0.2, 0) is 15.7 Å². The molecule has 0 amide bonds. The van der Waals surface area contributed by atoms with Gasteiger partial charge < -0.3 is 10.1 Å². The van der Waals surface area contributed by atoms with Crippen LogP contribution in [0.4, 0.5) is 17.6 Å². The number of rotatable bonds is 6. The third-order valence-corrected chi connectivity index (χ3v) is 2.89. The minimum Gasteiger partial charge on any atom is -0.469 e. The van der Waals surface area contributed by atoms with E-state index in [1.165, 1.54) is 7.11 Å². The summed E-state index contributed by atoms with van der Waals surface area (Å²) in [5, 5.41) is 2.92. The molecular weight excluding hydrogens is 290 g/mol. The van der Waals surface area contributed by atoms with Gasteiger partial charge in [0.2, 0.25) is 0 Å². The molecule has 21 heavy (non-hydrogen) atoms. The molecule has 0 heterocycles. The number of benzene rings is 1. The number of hydrogen-bond donors (Lipinski definition) is 1. The van der Waals surface area contributed by atoms with Crippen LogP contribution in [0.25, 0.3) is 0 Å². The van der Waals surface area contributed by atoms with Gasteiger partial charge in [0, 0.05) is 6.04 Å². The molecule has 1 aromatic carbocycles. The highest BCUT2D eigenvalue weighted by atomic mass is 19.4. The number of nitrogens with one attached hydrogen (secondary N) is 1. The first kappa shape index (κ1) is 17.4. The number of esters is 1. The van der Waals surface area contributed by atoms with E-state index in [0.717, 1.165) is 18.6 Å². The quantitative estimate of drug-likeness (QED) is 0.646. The second-order valence-corrected chi connectivity index (χ2v) is 4.56. The summed E-state index contributed by atoms with van der Waals surface area (Å²) in [6, 6.07) is 1.54. The average Bonchev–Trinajstić information content (AvgIpc) is 2.41. The summed E-state index contributed by atoms with van der Waals surface area (Å²) >= 11 is 0. The molecule has 3 nitrogen and oxygen atoms in total. The molecule has 7 heteroatoms. The number of halogens is 4. The largest absolute Gasteiger partial charge is 0.469 e. The molecule has 0 aromatic heterocycles. The molecule has 1 N–H and O–H groups in total. The number of hydrogen-bond acceptors (Lipinski definition) is 3. The summed E-state index contributed by atoms with van der Waals surface area (Å²) in [5.41, 5.74) is -1.01. The second kappa shape index (κ2) is 7.40. The summed E-state index contributed by atoms with van der Waals surface area (Å²) in [6.45, 7) is 2.36. The maximum atomic E-state index is 13.4. The van der Waals surface area contributed by atoms with E-state index in [4.69, 9.17) is 0 Å². The minimum atomic E-state index is -4.64. The van der Waals surface area contributed by atoms with Crippen molar-refractivity contribution in [2.45, 2.75) is 32.0 Å². The zero-order valence-corrected chi connectivity index (χ0v) is 11.8. The monoisotopic (exact) mass is 307 g/mol. The zero-order chi connectivity index (χ0) is 16.0. The molecule has 0 spiro atoms. The predicted molar refractivity (Wildman–Crippen MR) is 69.1 cm³/mol. The number of carbonyl (C=O) groups is 1. The fourth-order valence-corrected chi connectivity index (χ4v) is 1.85. The molecule has 0 saturated carbocycles. The van der Waals surface area contributed by atoms with E-state index in [0.29, 0.717) is 12.6 Å². The van der Waals surface area contributed by atoms with Crippen molar-refractivity contribution in [2.75, 3.05) is 13.7 Å². The lowest BCUT2D eigenvalue weighted by Crippen LogP contribution is -2.25. The Morgan fingerprint density at radius 3 is 2.52 bits per heavy atom. The predicted octanol–water partition coefficient (Wildman–Crippen LogP) is 3.45. The van der Waals surface area contributed by atoms with Crippen LogP contribution in [0, 0.1) is 5.82 Å². The van der Waals surface area contributed by atoms with Crippen molar-refractivity contribution in [1.29, 1.82) is 0 Å². The first-order valence-corrected chi connectivity index (χ1v) is 6.45. The van der Waals surface area contributed by atoms with E-state index >= 15 is 0 Å². The molecule has 1 unspecified atom stereocenters. The first-order valence-electron chi connectivity index (χ1n) is 6.45. The molecular formula is C14H17F4NO2. The van der Waals surface area contributed by atoms with Crippen LogP contribution in [0.5, 0.6) is 0 Å². The van der Waals surface area contributed by atoms with Gasteiger partial charge in [-0.25, -0.2) is 4.39 Å². The van der Waals surface area contributed by atoms with Gasteiger partial charge in [0.25, 0.3) is 0 Å². The average molecular weight is 307 g/mol. The van der Waals surface area contributed by atoms with Crippen LogP contribution < -0.4 is 5.32 Å². The Morgan fingerprint density at radius 2 is 2.00 bits per heavy atom. The topological polar surface area (TPSA) is 38.3 Å². The molecule has 0 radical (unpaired) electrons. The SMILES string of the molecule is CCCNC(CC(=O)OC)c1cc(F)cc(C(F)(F)F)c1. The summed E-state index contributed by atoms with van der Waals surface area (Å²) in [5.74, 6) is -1.57. The standard InChI is InChI=1S/C14H17F4NO2/c1-3-4-19-12(8-13(20)21-2)9-5-10(14(16,17)18)7-11(15)6-9/h5-7,12,19H,3-4,8H2,1-2H3. The summed E-state index contributed by atoms with van der Waals surface area (Å²) < 4.78 is 56.1. The van der Waals surface area contributed by atoms with Gasteiger partial charge in [-0.2, -0.15) is 13.2 Å². The highest BCUT2D eigenvalue weighted by Crippen LogP contribution is 2.32. The van der Waals surface area contributed by atoms with Gasteiger partial charge in [0.15, 0.2) is 0 Å². The fourth-order valence-electron chi connectivity index (χ4n) is 1.85. The van der Waals surface area contributed by atoms with E-state index in [1.807, 2.05) is 6.92 Å². The Kier molecular flexibility index (Phi) is 6.14. The number of carbonyl (C=O) groups excluding carboxylic acids is 1. The van der Waals surface area contributed by atoms with Gasteiger partial charge >= 0.3 is 12.1 Å². The molecule has 1 atom stereocenters. The van der Waals surface area contributed by atoms with Crippen LogP contribution in [-0.4, -0.2) is 19.6 Å². The lowest BCUT2D eigenvalue weighted by atomic mass is 10.0. The maximum absolute atomic E-state index is 13.4. The lowest BCUT2D eigenvalue weighted by molar-refractivity contribution is -0.141. The van der Waals surface area contributed by atoms with E-state index in [2.05, 4.69) is 10.1 Å². The Morgan fingerprint density at radius 1 is 1.33 bits per heavy atom. The van der Waals surface area contributed by atoms with E-state index in [9.17, 15) is 22.4 Å². The minimum absolute atomic E-state index is 0.0705. The molecule has 1 aromatic rings. The summed E-state index contributed by atoms with van der Waals surface area (Å²) in [4.78, 5) is 11.3. The molecule has 0 fully saturated rings. The molecule has 0 aliphatic carbocycles.